The molecule has 2 N–H and O–H groups in total. The number of rotatable bonds is 6. The summed E-state index contributed by atoms with van der Waals surface area (Å²) in [4.78, 5) is 12.0. The number of anilines is 1. The maximum absolute atomic E-state index is 14.0. The van der Waals surface area contributed by atoms with Gasteiger partial charge in [-0.3, -0.25) is 5.32 Å². The predicted molar refractivity (Wildman–Crippen MR) is 85.8 cm³/mol. The SMILES string of the molecule is COc1ccc(F)c(CNC(=O)Nc2ccnn2CC(C)C)c1F. The molecule has 0 aliphatic carbocycles. The first-order valence-electron chi connectivity index (χ1n) is 7.50. The average molecular weight is 338 g/mol. The molecule has 6 nitrogen and oxygen atoms in total. The van der Waals surface area contributed by atoms with E-state index in [-0.39, 0.29) is 17.9 Å². The first-order chi connectivity index (χ1) is 11.4. The fourth-order valence-electron chi connectivity index (χ4n) is 2.16. The quantitative estimate of drug-likeness (QED) is 0.850. The van der Waals surface area contributed by atoms with E-state index in [1.807, 2.05) is 13.8 Å². The Balaban J connectivity index is 2.01. The Hall–Kier alpha value is -2.64. The molecule has 1 aromatic heterocycles. The molecule has 2 aromatic rings. The number of carbonyl (C=O) groups is 1. The predicted octanol–water partition coefficient (Wildman–Crippen LogP) is 3.15. The smallest absolute Gasteiger partial charge is 0.320 e. The third-order valence-electron chi connectivity index (χ3n) is 3.29. The van der Waals surface area contributed by atoms with Crippen LogP contribution in [-0.2, 0) is 13.1 Å². The van der Waals surface area contributed by atoms with Crippen molar-refractivity contribution in [2.45, 2.75) is 26.9 Å². The van der Waals surface area contributed by atoms with E-state index in [0.29, 0.717) is 18.3 Å². The van der Waals surface area contributed by atoms with E-state index in [4.69, 9.17) is 4.74 Å². The molecule has 0 unspecified atom stereocenters. The van der Waals surface area contributed by atoms with Gasteiger partial charge in [0.1, 0.15) is 11.6 Å². The van der Waals surface area contributed by atoms with Crippen LogP contribution in [0.2, 0.25) is 0 Å². The Bertz CT molecular complexity index is 716. The minimum atomic E-state index is -0.831. The second-order valence-electron chi connectivity index (χ2n) is 5.64. The summed E-state index contributed by atoms with van der Waals surface area (Å²) in [6, 6.07) is 3.35. The van der Waals surface area contributed by atoms with Crippen molar-refractivity contribution in [3.8, 4) is 5.75 Å². The highest BCUT2D eigenvalue weighted by atomic mass is 19.1. The molecule has 24 heavy (non-hydrogen) atoms. The zero-order valence-corrected chi connectivity index (χ0v) is 13.8. The molecule has 0 aliphatic heterocycles. The van der Waals surface area contributed by atoms with Crippen LogP contribution >= 0.6 is 0 Å². The van der Waals surface area contributed by atoms with Crippen molar-refractivity contribution in [2.24, 2.45) is 5.92 Å². The van der Waals surface area contributed by atoms with E-state index in [0.717, 1.165) is 6.07 Å². The summed E-state index contributed by atoms with van der Waals surface area (Å²) >= 11 is 0. The molecule has 0 atom stereocenters. The fraction of sp³-hybridized carbons (Fsp3) is 0.375. The lowest BCUT2D eigenvalue weighted by molar-refractivity contribution is 0.251. The van der Waals surface area contributed by atoms with Gasteiger partial charge in [0.15, 0.2) is 11.6 Å². The van der Waals surface area contributed by atoms with Gasteiger partial charge in [-0.1, -0.05) is 13.8 Å². The van der Waals surface area contributed by atoms with Gasteiger partial charge in [0.25, 0.3) is 0 Å². The summed E-state index contributed by atoms with van der Waals surface area (Å²) < 4.78 is 34.2. The molecule has 130 valence electrons. The molecule has 1 heterocycles. The molecule has 0 saturated carbocycles. The number of halogens is 2. The van der Waals surface area contributed by atoms with E-state index in [2.05, 4.69) is 15.7 Å². The second kappa shape index (κ2) is 7.76. The molecule has 0 aliphatic rings. The standard InChI is InChI=1S/C16H20F2N4O2/c1-10(2)9-22-14(6-7-20-22)21-16(23)19-8-11-12(17)4-5-13(24-3)15(11)18/h4-7,10H,8-9H2,1-3H3,(H2,19,21,23). The van der Waals surface area contributed by atoms with Crippen molar-refractivity contribution in [2.75, 3.05) is 12.4 Å². The second-order valence-corrected chi connectivity index (χ2v) is 5.64. The summed E-state index contributed by atoms with van der Waals surface area (Å²) in [7, 11) is 1.29. The molecular weight excluding hydrogens is 318 g/mol. The number of urea groups is 1. The van der Waals surface area contributed by atoms with Crippen LogP contribution < -0.4 is 15.4 Å². The van der Waals surface area contributed by atoms with Crippen LogP contribution in [0.3, 0.4) is 0 Å². The van der Waals surface area contributed by atoms with Gasteiger partial charge in [-0.25, -0.2) is 18.3 Å². The number of nitrogens with one attached hydrogen (secondary N) is 2. The topological polar surface area (TPSA) is 68.2 Å². The number of ether oxygens (including phenoxy) is 1. The molecule has 0 fully saturated rings. The number of benzene rings is 1. The van der Waals surface area contributed by atoms with Crippen molar-refractivity contribution < 1.29 is 18.3 Å². The summed E-state index contributed by atoms with van der Waals surface area (Å²) in [5.41, 5.74) is -0.264. The molecular formula is C16H20F2N4O2. The van der Waals surface area contributed by atoms with E-state index in [9.17, 15) is 13.6 Å². The molecule has 2 amide bonds. The lowest BCUT2D eigenvalue weighted by Crippen LogP contribution is -2.30. The van der Waals surface area contributed by atoms with Crippen LogP contribution in [-0.4, -0.2) is 22.9 Å². The lowest BCUT2D eigenvalue weighted by atomic mass is 10.2. The Morgan fingerprint density at radius 1 is 1.33 bits per heavy atom. The van der Waals surface area contributed by atoms with Gasteiger partial charge in [-0.2, -0.15) is 5.10 Å². The zero-order chi connectivity index (χ0) is 17.7. The molecule has 0 saturated heterocycles. The summed E-state index contributed by atoms with van der Waals surface area (Å²) in [6.45, 7) is 4.39. The highest BCUT2D eigenvalue weighted by Crippen LogP contribution is 2.22. The van der Waals surface area contributed by atoms with Crippen LogP contribution in [0.5, 0.6) is 5.75 Å². The van der Waals surface area contributed by atoms with E-state index >= 15 is 0 Å². The fourth-order valence-corrected chi connectivity index (χ4v) is 2.16. The third kappa shape index (κ3) is 4.21. The number of hydrogen-bond acceptors (Lipinski definition) is 3. The highest BCUT2D eigenvalue weighted by Gasteiger charge is 2.15. The summed E-state index contributed by atoms with van der Waals surface area (Å²) in [6.07, 6.45) is 1.57. The molecule has 1 aromatic carbocycles. The highest BCUT2D eigenvalue weighted by molar-refractivity contribution is 5.88. The number of carbonyl (C=O) groups excluding carboxylic acids is 1. The van der Waals surface area contributed by atoms with Gasteiger partial charge in [0, 0.05) is 18.2 Å². The van der Waals surface area contributed by atoms with Gasteiger partial charge < -0.3 is 10.1 Å². The number of hydrogen-bond donors (Lipinski definition) is 2. The van der Waals surface area contributed by atoms with E-state index in [1.54, 1.807) is 16.9 Å². The van der Waals surface area contributed by atoms with Gasteiger partial charge >= 0.3 is 6.03 Å². The normalized spacial score (nSPS) is 10.8. The third-order valence-corrected chi connectivity index (χ3v) is 3.29. The summed E-state index contributed by atoms with van der Waals surface area (Å²) in [5, 5.41) is 9.15. The van der Waals surface area contributed by atoms with Crippen molar-refractivity contribution in [1.82, 2.24) is 15.1 Å². The number of amides is 2. The summed E-state index contributed by atoms with van der Waals surface area (Å²) in [5.74, 6) is -0.800. The Morgan fingerprint density at radius 3 is 2.75 bits per heavy atom. The monoisotopic (exact) mass is 338 g/mol. The van der Waals surface area contributed by atoms with Crippen LogP contribution in [0.15, 0.2) is 24.4 Å². The zero-order valence-electron chi connectivity index (χ0n) is 13.8. The average Bonchev–Trinajstić information content (AvgIpc) is 2.93. The maximum Gasteiger partial charge on any atom is 0.320 e. The Kier molecular flexibility index (Phi) is 5.73. The van der Waals surface area contributed by atoms with Crippen LogP contribution in [0.25, 0.3) is 0 Å². The van der Waals surface area contributed by atoms with Crippen molar-refractivity contribution in [3.05, 3.63) is 41.6 Å². The van der Waals surface area contributed by atoms with Gasteiger partial charge in [-0.05, 0) is 18.1 Å². The minimum absolute atomic E-state index is 0.0800. The Morgan fingerprint density at radius 2 is 2.08 bits per heavy atom. The molecule has 0 spiro atoms. The van der Waals surface area contributed by atoms with Crippen molar-refractivity contribution >= 4 is 11.8 Å². The largest absolute Gasteiger partial charge is 0.494 e. The molecule has 2 rings (SSSR count). The van der Waals surface area contributed by atoms with Gasteiger partial charge in [0.2, 0.25) is 0 Å². The van der Waals surface area contributed by atoms with E-state index < -0.39 is 17.7 Å². The number of aromatic nitrogens is 2. The first kappa shape index (κ1) is 17.7. The van der Waals surface area contributed by atoms with Gasteiger partial charge in [0.05, 0.1) is 19.9 Å². The van der Waals surface area contributed by atoms with Crippen LogP contribution in [0, 0.1) is 17.6 Å². The Labute approximate surface area is 138 Å². The first-order valence-corrected chi connectivity index (χ1v) is 7.50. The molecule has 0 bridgehead atoms. The van der Waals surface area contributed by atoms with Crippen LogP contribution in [0.4, 0.5) is 19.4 Å². The molecule has 0 radical (unpaired) electrons. The van der Waals surface area contributed by atoms with Gasteiger partial charge in [-0.15, -0.1) is 0 Å². The van der Waals surface area contributed by atoms with Crippen LogP contribution in [0.1, 0.15) is 19.4 Å². The van der Waals surface area contributed by atoms with Crippen molar-refractivity contribution in [3.63, 3.8) is 0 Å². The molecule has 8 heteroatoms. The number of methoxy groups -OCH3 is 1. The maximum atomic E-state index is 14.0. The van der Waals surface area contributed by atoms with E-state index in [1.165, 1.54) is 13.2 Å². The lowest BCUT2D eigenvalue weighted by Gasteiger charge is -2.13. The van der Waals surface area contributed by atoms with Crippen molar-refractivity contribution in [1.29, 1.82) is 0 Å². The minimum Gasteiger partial charge on any atom is -0.494 e. The number of nitrogens with zero attached hydrogens (tertiary/aromatic N) is 2.